The van der Waals surface area contributed by atoms with E-state index < -0.39 is 5.60 Å². The number of carbonyl (C=O) groups is 1. The second kappa shape index (κ2) is 13.7. The van der Waals surface area contributed by atoms with Crippen LogP contribution in [0.3, 0.4) is 0 Å². The first-order valence-corrected chi connectivity index (χ1v) is 15.4. The highest BCUT2D eigenvalue weighted by Gasteiger charge is 2.36. The molecule has 2 aromatic carbocycles. The third-order valence-electron chi connectivity index (χ3n) is 9.07. The average molecular weight is 560 g/mol. The summed E-state index contributed by atoms with van der Waals surface area (Å²) in [5.74, 6) is 2.01. The number of hydrogen-bond acceptors (Lipinski definition) is 5. The van der Waals surface area contributed by atoms with Crippen molar-refractivity contribution in [1.82, 2.24) is 5.32 Å². The predicted octanol–water partition coefficient (Wildman–Crippen LogP) is 7.24. The largest absolute Gasteiger partial charge is 0.496 e. The second-order valence-corrected chi connectivity index (χ2v) is 12.8. The van der Waals surface area contributed by atoms with Crippen molar-refractivity contribution in [3.05, 3.63) is 65.4 Å². The minimum atomic E-state index is -0.674. The number of methoxy groups -OCH3 is 1. The van der Waals surface area contributed by atoms with Gasteiger partial charge < -0.3 is 25.5 Å². The highest BCUT2D eigenvalue weighted by Crippen LogP contribution is 2.39. The number of amides is 1. The number of ether oxygens (including phenoxy) is 1. The van der Waals surface area contributed by atoms with Crippen molar-refractivity contribution in [2.75, 3.05) is 18.6 Å². The van der Waals surface area contributed by atoms with E-state index in [1.54, 1.807) is 7.11 Å². The van der Waals surface area contributed by atoms with Crippen LogP contribution in [0.1, 0.15) is 94.7 Å². The Morgan fingerprint density at radius 2 is 1.83 bits per heavy atom. The van der Waals surface area contributed by atoms with E-state index in [1.165, 1.54) is 17.3 Å². The molecule has 0 bridgehead atoms. The molecule has 0 aliphatic heterocycles. The van der Waals surface area contributed by atoms with Gasteiger partial charge in [0, 0.05) is 42.2 Å². The molecular weight excluding hydrogens is 510 g/mol. The number of aryl methyl sites for hydroxylation is 1. The fraction of sp³-hybridized carbons (Fsp3) is 0.543. The zero-order chi connectivity index (χ0) is 29.6. The molecule has 0 saturated heterocycles. The molecule has 0 unspecified atom stereocenters. The molecule has 2 aliphatic carbocycles. The number of hydrogen-bond donors (Lipinski definition) is 3. The van der Waals surface area contributed by atoms with Gasteiger partial charge in [-0.1, -0.05) is 24.3 Å². The van der Waals surface area contributed by atoms with Gasteiger partial charge in [0.05, 0.1) is 12.7 Å². The SMILES string of the molecule is COc1ccc(C2CCC(CN(C(=O)C3CCC(C)(O)CC3)c3cccc(/C(C=N)=C/NC(C)C)c3)CC2)cc1C. The molecule has 1 amide bonds. The quantitative estimate of drug-likeness (QED) is 0.268. The number of aliphatic hydroxyl groups is 1. The molecule has 0 heterocycles. The Morgan fingerprint density at radius 1 is 1.12 bits per heavy atom. The number of benzene rings is 2. The first kappa shape index (κ1) is 30.8. The van der Waals surface area contributed by atoms with Gasteiger partial charge in [0.2, 0.25) is 5.91 Å². The fourth-order valence-corrected chi connectivity index (χ4v) is 6.44. The molecule has 0 atom stereocenters. The van der Waals surface area contributed by atoms with Crippen LogP contribution in [-0.2, 0) is 4.79 Å². The van der Waals surface area contributed by atoms with E-state index in [0.717, 1.165) is 61.1 Å². The lowest BCUT2D eigenvalue weighted by Gasteiger charge is -2.37. The van der Waals surface area contributed by atoms with E-state index in [-0.39, 0.29) is 17.9 Å². The summed E-state index contributed by atoms with van der Waals surface area (Å²) in [5.41, 5.74) is 4.50. The number of rotatable bonds is 10. The summed E-state index contributed by atoms with van der Waals surface area (Å²) in [6, 6.07) is 14.9. The van der Waals surface area contributed by atoms with Gasteiger partial charge >= 0.3 is 0 Å². The topological polar surface area (TPSA) is 85.7 Å². The van der Waals surface area contributed by atoms with Gasteiger partial charge in [-0.05, 0) is 126 Å². The van der Waals surface area contributed by atoms with Crippen LogP contribution in [0.2, 0.25) is 0 Å². The molecule has 222 valence electrons. The van der Waals surface area contributed by atoms with Crippen LogP contribution in [0.4, 0.5) is 5.69 Å². The third kappa shape index (κ3) is 8.00. The summed E-state index contributed by atoms with van der Waals surface area (Å²) in [4.78, 5) is 16.1. The van der Waals surface area contributed by atoms with Gasteiger partial charge in [-0.15, -0.1) is 0 Å². The van der Waals surface area contributed by atoms with Crippen LogP contribution < -0.4 is 15.0 Å². The molecule has 2 aromatic rings. The summed E-state index contributed by atoms with van der Waals surface area (Å²) in [6.07, 6.45) is 10.4. The molecule has 4 rings (SSSR count). The summed E-state index contributed by atoms with van der Waals surface area (Å²) < 4.78 is 5.46. The smallest absolute Gasteiger partial charge is 0.230 e. The minimum Gasteiger partial charge on any atom is -0.496 e. The van der Waals surface area contributed by atoms with E-state index in [4.69, 9.17) is 10.1 Å². The number of carbonyl (C=O) groups excluding carboxylic acids is 1. The lowest BCUT2D eigenvalue weighted by atomic mass is 9.77. The van der Waals surface area contributed by atoms with Crippen molar-refractivity contribution < 1.29 is 14.6 Å². The Labute approximate surface area is 246 Å². The van der Waals surface area contributed by atoms with Gasteiger partial charge in [0.15, 0.2) is 0 Å². The van der Waals surface area contributed by atoms with Crippen LogP contribution >= 0.6 is 0 Å². The Balaban J connectivity index is 1.53. The average Bonchev–Trinajstić information content (AvgIpc) is 2.96. The summed E-state index contributed by atoms with van der Waals surface area (Å²) in [5, 5.41) is 21.8. The Kier molecular flexibility index (Phi) is 10.3. The van der Waals surface area contributed by atoms with Crippen molar-refractivity contribution in [3.8, 4) is 5.75 Å². The summed E-state index contributed by atoms with van der Waals surface area (Å²) in [6.45, 7) is 8.83. The molecule has 2 saturated carbocycles. The molecule has 6 heteroatoms. The normalized spacial score (nSPS) is 25.0. The predicted molar refractivity (Wildman–Crippen MR) is 169 cm³/mol. The molecule has 6 nitrogen and oxygen atoms in total. The van der Waals surface area contributed by atoms with E-state index in [1.807, 2.05) is 36.2 Å². The lowest BCUT2D eigenvalue weighted by Crippen LogP contribution is -2.43. The monoisotopic (exact) mass is 559 g/mol. The van der Waals surface area contributed by atoms with Crippen molar-refractivity contribution in [3.63, 3.8) is 0 Å². The maximum Gasteiger partial charge on any atom is 0.230 e. The molecular formula is C35H49N3O3. The summed E-state index contributed by atoms with van der Waals surface area (Å²) in [7, 11) is 1.72. The molecule has 0 aromatic heterocycles. The lowest BCUT2D eigenvalue weighted by molar-refractivity contribution is -0.125. The standard InChI is InChI=1S/C35H49N3O3/c1-24(2)37-22-31(21-36)29-7-6-8-32(20-29)38(34(39)28-15-17-35(4,40)18-16-28)23-26-9-11-27(12-10-26)30-13-14-33(41-5)25(3)19-30/h6-8,13-14,19-22,24,26-28,36-37,40H,9-12,15-18,23H2,1-5H3/b31-22+,36-21?. The highest BCUT2D eigenvalue weighted by molar-refractivity contribution is 6.08. The van der Waals surface area contributed by atoms with E-state index in [2.05, 4.69) is 50.4 Å². The Hall–Kier alpha value is -3.12. The van der Waals surface area contributed by atoms with Crippen molar-refractivity contribution in [1.29, 1.82) is 5.41 Å². The maximum absolute atomic E-state index is 14.1. The van der Waals surface area contributed by atoms with Gasteiger partial charge in [0.25, 0.3) is 0 Å². The first-order valence-electron chi connectivity index (χ1n) is 15.4. The zero-order valence-corrected chi connectivity index (χ0v) is 25.6. The minimum absolute atomic E-state index is 0.0714. The van der Waals surface area contributed by atoms with E-state index >= 15 is 0 Å². The van der Waals surface area contributed by atoms with Crippen LogP contribution in [-0.4, -0.2) is 42.5 Å². The molecule has 3 N–H and O–H groups in total. The molecule has 41 heavy (non-hydrogen) atoms. The van der Waals surface area contributed by atoms with Crippen LogP contribution in [0, 0.1) is 24.2 Å². The Bertz CT molecular complexity index is 1220. The number of nitrogens with zero attached hydrogens (tertiary/aromatic N) is 1. The number of anilines is 1. The van der Waals surface area contributed by atoms with Crippen LogP contribution in [0.15, 0.2) is 48.7 Å². The third-order valence-corrected chi connectivity index (χ3v) is 9.07. The number of nitrogens with one attached hydrogen (secondary N) is 2. The van der Waals surface area contributed by atoms with Gasteiger partial charge in [0.1, 0.15) is 5.75 Å². The van der Waals surface area contributed by atoms with E-state index in [9.17, 15) is 9.90 Å². The molecule has 0 spiro atoms. The zero-order valence-electron chi connectivity index (χ0n) is 25.6. The van der Waals surface area contributed by atoms with Crippen LogP contribution in [0.5, 0.6) is 5.75 Å². The first-order chi connectivity index (χ1) is 19.6. The van der Waals surface area contributed by atoms with Crippen molar-refractivity contribution >= 4 is 23.4 Å². The van der Waals surface area contributed by atoms with Gasteiger partial charge in [-0.2, -0.15) is 0 Å². The molecule has 2 aliphatic rings. The molecule has 0 radical (unpaired) electrons. The van der Waals surface area contributed by atoms with Crippen LogP contribution in [0.25, 0.3) is 5.57 Å². The van der Waals surface area contributed by atoms with Gasteiger partial charge in [-0.3, -0.25) is 4.79 Å². The van der Waals surface area contributed by atoms with Crippen molar-refractivity contribution in [2.45, 2.75) is 96.6 Å². The maximum atomic E-state index is 14.1. The second-order valence-electron chi connectivity index (χ2n) is 12.8. The summed E-state index contributed by atoms with van der Waals surface area (Å²) >= 11 is 0. The fourth-order valence-electron chi connectivity index (χ4n) is 6.44. The highest BCUT2D eigenvalue weighted by atomic mass is 16.5. The Morgan fingerprint density at radius 3 is 2.44 bits per heavy atom. The number of allylic oxidation sites excluding steroid dienone is 1. The van der Waals surface area contributed by atoms with E-state index in [0.29, 0.717) is 31.2 Å². The van der Waals surface area contributed by atoms with Crippen molar-refractivity contribution in [2.24, 2.45) is 11.8 Å². The van der Waals surface area contributed by atoms with Gasteiger partial charge in [-0.25, -0.2) is 0 Å². The molecule has 2 fully saturated rings.